The molecule has 0 unspecified atom stereocenters. The van der Waals surface area contributed by atoms with E-state index < -0.39 is 6.04 Å². The van der Waals surface area contributed by atoms with Gasteiger partial charge in [-0.3, -0.25) is 14.5 Å². The minimum absolute atomic E-state index is 0.0431. The lowest BCUT2D eigenvalue weighted by Gasteiger charge is -2.20. The van der Waals surface area contributed by atoms with Crippen LogP contribution in [0.5, 0.6) is 0 Å². The number of anilines is 3. The molecule has 6 rings (SSSR count). The standard InChI is InChI=1S/C32H33N9O3/c1-4-16-40-32(43)22-13-14-27(37-30(22)41(40)20(2)3)36-28-17-25(35-26(19-42)21-10-6-5-7-11-21)23(18-34-28)31-38-29(39-44-31)24-12-8-9-15-33-24/h5-15,17-18,20,26,42H,4,16,19H2,1-3H3,(H2,34,35,36,37)/t26-/m1/s1. The third-order valence-corrected chi connectivity index (χ3v) is 7.17. The number of hydrogen-bond acceptors (Lipinski definition) is 10. The van der Waals surface area contributed by atoms with Gasteiger partial charge in [0.1, 0.15) is 17.3 Å². The Bertz CT molecular complexity index is 1930. The molecule has 12 nitrogen and oxygen atoms in total. The van der Waals surface area contributed by atoms with Gasteiger partial charge in [-0.2, -0.15) is 4.98 Å². The summed E-state index contributed by atoms with van der Waals surface area (Å²) >= 11 is 0. The largest absolute Gasteiger partial charge is 0.394 e. The van der Waals surface area contributed by atoms with Crippen LogP contribution >= 0.6 is 0 Å². The molecule has 6 aromatic rings. The number of fused-ring (bicyclic) bond motifs is 1. The van der Waals surface area contributed by atoms with Crippen LogP contribution < -0.4 is 16.2 Å². The van der Waals surface area contributed by atoms with Crippen LogP contribution in [0, 0.1) is 0 Å². The second-order valence-electron chi connectivity index (χ2n) is 10.6. The van der Waals surface area contributed by atoms with Gasteiger partial charge in [-0.15, -0.1) is 0 Å². The van der Waals surface area contributed by atoms with Gasteiger partial charge >= 0.3 is 0 Å². The maximum Gasteiger partial charge on any atom is 0.276 e. The number of benzene rings is 1. The highest BCUT2D eigenvalue weighted by Crippen LogP contribution is 2.33. The highest BCUT2D eigenvalue weighted by atomic mass is 16.5. The zero-order valence-electron chi connectivity index (χ0n) is 24.7. The zero-order chi connectivity index (χ0) is 30.6. The van der Waals surface area contributed by atoms with Gasteiger partial charge in [-0.1, -0.05) is 48.5 Å². The molecular weight excluding hydrogens is 558 g/mol. The lowest BCUT2D eigenvalue weighted by atomic mass is 10.1. The van der Waals surface area contributed by atoms with Crippen molar-refractivity contribution < 1.29 is 9.63 Å². The van der Waals surface area contributed by atoms with E-state index in [-0.39, 0.29) is 24.1 Å². The fourth-order valence-corrected chi connectivity index (χ4v) is 5.14. The normalized spacial score (nSPS) is 12.1. The predicted octanol–water partition coefficient (Wildman–Crippen LogP) is 5.59. The molecule has 44 heavy (non-hydrogen) atoms. The number of aliphatic hydroxyl groups is 1. The molecule has 0 saturated carbocycles. The van der Waals surface area contributed by atoms with E-state index in [2.05, 4.69) is 30.7 Å². The molecule has 0 aliphatic rings. The van der Waals surface area contributed by atoms with Crippen LogP contribution in [0.2, 0.25) is 0 Å². The SMILES string of the molecule is CCCn1c(=O)c2ccc(Nc3cc(N[C@H](CO)c4ccccc4)c(-c4nc(-c5ccccn5)no4)cn3)nc2n1C(C)C. The Morgan fingerprint density at radius 1 is 0.977 bits per heavy atom. The third-order valence-electron chi connectivity index (χ3n) is 7.17. The van der Waals surface area contributed by atoms with Crippen LogP contribution in [0.25, 0.3) is 34.0 Å². The van der Waals surface area contributed by atoms with E-state index in [1.54, 1.807) is 41.3 Å². The van der Waals surface area contributed by atoms with Crippen molar-refractivity contribution in [2.24, 2.45) is 0 Å². The van der Waals surface area contributed by atoms with Gasteiger partial charge in [-0.05, 0) is 50.1 Å². The second kappa shape index (κ2) is 12.5. The first-order valence-electron chi connectivity index (χ1n) is 14.5. The maximum absolute atomic E-state index is 13.1. The number of nitrogens with zero attached hydrogens (tertiary/aromatic N) is 7. The molecule has 0 amide bonds. The number of aromatic nitrogens is 7. The predicted molar refractivity (Wildman–Crippen MR) is 169 cm³/mol. The smallest absolute Gasteiger partial charge is 0.276 e. The molecule has 1 aromatic carbocycles. The summed E-state index contributed by atoms with van der Waals surface area (Å²) in [6.07, 6.45) is 4.12. The van der Waals surface area contributed by atoms with E-state index in [0.717, 1.165) is 12.0 Å². The number of rotatable bonds is 11. The van der Waals surface area contributed by atoms with Crippen molar-refractivity contribution in [3.05, 3.63) is 95.0 Å². The van der Waals surface area contributed by atoms with Crippen molar-refractivity contribution in [1.82, 2.24) is 34.5 Å². The highest BCUT2D eigenvalue weighted by Gasteiger charge is 2.21. The van der Waals surface area contributed by atoms with Gasteiger partial charge in [0.25, 0.3) is 11.4 Å². The Balaban J connectivity index is 1.39. The molecule has 0 saturated heterocycles. The summed E-state index contributed by atoms with van der Waals surface area (Å²) in [7, 11) is 0. The van der Waals surface area contributed by atoms with E-state index in [1.807, 2.05) is 67.9 Å². The number of pyridine rings is 3. The minimum atomic E-state index is -0.420. The average molecular weight is 592 g/mol. The summed E-state index contributed by atoms with van der Waals surface area (Å²) in [6.45, 7) is 6.57. The zero-order valence-corrected chi connectivity index (χ0v) is 24.7. The van der Waals surface area contributed by atoms with Crippen LogP contribution in [0.1, 0.15) is 44.8 Å². The van der Waals surface area contributed by atoms with E-state index in [0.29, 0.717) is 52.0 Å². The summed E-state index contributed by atoms with van der Waals surface area (Å²) in [6, 6.07) is 20.1. The Morgan fingerprint density at radius 2 is 1.80 bits per heavy atom. The lowest BCUT2D eigenvalue weighted by Crippen LogP contribution is -2.24. The summed E-state index contributed by atoms with van der Waals surface area (Å²) in [5.41, 5.74) is 3.20. The van der Waals surface area contributed by atoms with Crippen LogP contribution in [0.15, 0.2) is 88.4 Å². The minimum Gasteiger partial charge on any atom is -0.394 e. The van der Waals surface area contributed by atoms with Gasteiger partial charge < -0.3 is 20.3 Å². The van der Waals surface area contributed by atoms with Crippen molar-refractivity contribution >= 4 is 28.4 Å². The van der Waals surface area contributed by atoms with Crippen molar-refractivity contribution in [3.63, 3.8) is 0 Å². The van der Waals surface area contributed by atoms with Crippen molar-refractivity contribution in [3.8, 4) is 23.0 Å². The maximum atomic E-state index is 13.1. The molecule has 1 atom stereocenters. The molecule has 3 N–H and O–H groups in total. The van der Waals surface area contributed by atoms with Crippen molar-refractivity contribution in [2.75, 3.05) is 17.2 Å². The van der Waals surface area contributed by atoms with Crippen molar-refractivity contribution in [2.45, 2.75) is 45.8 Å². The molecule has 0 spiro atoms. The Labute approximate surface area is 253 Å². The van der Waals surface area contributed by atoms with Gasteiger partial charge in [-0.25, -0.2) is 14.6 Å². The summed E-state index contributed by atoms with van der Waals surface area (Å²) in [5, 5.41) is 21.7. The fourth-order valence-electron chi connectivity index (χ4n) is 5.14. The molecule has 12 heteroatoms. The van der Waals surface area contributed by atoms with E-state index in [4.69, 9.17) is 9.51 Å². The third kappa shape index (κ3) is 5.66. The van der Waals surface area contributed by atoms with Crippen molar-refractivity contribution in [1.29, 1.82) is 0 Å². The molecular formula is C32H33N9O3. The van der Waals surface area contributed by atoms with Gasteiger partial charge in [0, 0.05) is 31.0 Å². The topological polar surface area (TPSA) is 149 Å². The van der Waals surface area contributed by atoms with Crippen LogP contribution in [0.3, 0.4) is 0 Å². The first-order valence-corrected chi connectivity index (χ1v) is 14.5. The fraction of sp³-hybridized carbons (Fsp3) is 0.250. The molecule has 0 bridgehead atoms. The quantitative estimate of drug-likeness (QED) is 0.174. The Kier molecular flexibility index (Phi) is 8.15. The molecule has 0 aliphatic heterocycles. The molecule has 0 fully saturated rings. The molecule has 0 aliphatic carbocycles. The summed E-state index contributed by atoms with van der Waals surface area (Å²) < 4.78 is 9.33. The monoisotopic (exact) mass is 591 g/mol. The summed E-state index contributed by atoms with van der Waals surface area (Å²) in [5.74, 6) is 1.61. The van der Waals surface area contributed by atoms with Gasteiger partial charge in [0.15, 0.2) is 5.65 Å². The molecule has 5 heterocycles. The van der Waals surface area contributed by atoms with E-state index >= 15 is 0 Å². The first-order chi connectivity index (χ1) is 21.5. The number of hydrogen-bond donors (Lipinski definition) is 3. The first kappa shape index (κ1) is 28.7. The van der Waals surface area contributed by atoms with Gasteiger partial charge in [0.05, 0.1) is 29.3 Å². The number of aliphatic hydroxyl groups excluding tert-OH is 1. The van der Waals surface area contributed by atoms with E-state index in [1.165, 1.54) is 0 Å². The Morgan fingerprint density at radius 3 is 2.52 bits per heavy atom. The molecule has 224 valence electrons. The summed E-state index contributed by atoms with van der Waals surface area (Å²) in [4.78, 5) is 31.4. The second-order valence-corrected chi connectivity index (χ2v) is 10.6. The van der Waals surface area contributed by atoms with Crippen LogP contribution in [-0.2, 0) is 6.54 Å². The van der Waals surface area contributed by atoms with Crippen LogP contribution in [0.4, 0.5) is 17.3 Å². The number of nitrogens with one attached hydrogen (secondary N) is 2. The molecule has 0 radical (unpaired) electrons. The Hall–Kier alpha value is -5.36. The van der Waals surface area contributed by atoms with Crippen LogP contribution in [-0.4, -0.2) is 46.2 Å². The molecule has 5 aromatic heterocycles. The lowest BCUT2D eigenvalue weighted by molar-refractivity contribution is 0.276. The van der Waals surface area contributed by atoms with E-state index in [9.17, 15) is 9.90 Å². The highest BCUT2D eigenvalue weighted by molar-refractivity contribution is 5.79. The average Bonchev–Trinajstić information content (AvgIpc) is 3.64. The van der Waals surface area contributed by atoms with Gasteiger partial charge in [0.2, 0.25) is 5.82 Å².